The highest BCUT2D eigenvalue weighted by Crippen LogP contribution is 2.10. The predicted octanol–water partition coefficient (Wildman–Crippen LogP) is 2.90. The fraction of sp³-hybridized carbons (Fsp3) is 0.200. The molecule has 0 aliphatic carbocycles. The van der Waals surface area contributed by atoms with Crippen LogP contribution in [0.4, 0.5) is 0 Å². The van der Waals surface area contributed by atoms with E-state index in [0.29, 0.717) is 13.2 Å². The summed E-state index contributed by atoms with van der Waals surface area (Å²) in [6, 6.07) is 20.1. The maximum absolute atomic E-state index is 6.03. The van der Waals surface area contributed by atoms with Gasteiger partial charge in [-0.05, 0) is 11.1 Å². The molecule has 2 rings (SSSR count). The van der Waals surface area contributed by atoms with Crippen molar-refractivity contribution in [2.75, 3.05) is 6.61 Å². The van der Waals surface area contributed by atoms with Crippen molar-refractivity contribution in [2.45, 2.75) is 12.6 Å². The van der Waals surface area contributed by atoms with Gasteiger partial charge in [-0.3, -0.25) is 0 Å². The standard InChI is InChI=1S/C15H17NO/c16-15(14-9-5-2-6-10-14)12-17-11-13-7-3-1-4-8-13/h1-10,15H,11-12,16H2. The van der Waals surface area contributed by atoms with Gasteiger partial charge in [0.25, 0.3) is 0 Å². The van der Waals surface area contributed by atoms with Gasteiger partial charge in [0.1, 0.15) is 0 Å². The molecule has 0 spiro atoms. The van der Waals surface area contributed by atoms with Gasteiger partial charge in [0, 0.05) is 0 Å². The van der Waals surface area contributed by atoms with Crippen molar-refractivity contribution in [1.29, 1.82) is 0 Å². The number of rotatable bonds is 5. The largest absolute Gasteiger partial charge is 0.375 e. The van der Waals surface area contributed by atoms with Crippen molar-refractivity contribution in [3.8, 4) is 0 Å². The Morgan fingerprint density at radius 3 is 2.12 bits per heavy atom. The molecule has 0 heterocycles. The van der Waals surface area contributed by atoms with Gasteiger partial charge in [-0.2, -0.15) is 0 Å². The predicted molar refractivity (Wildman–Crippen MR) is 69.5 cm³/mol. The molecule has 2 aromatic carbocycles. The normalized spacial score (nSPS) is 12.3. The molecule has 0 bridgehead atoms. The minimum Gasteiger partial charge on any atom is -0.375 e. The quantitative estimate of drug-likeness (QED) is 0.852. The third kappa shape index (κ3) is 3.70. The first-order valence-electron chi connectivity index (χ1n) is 5.78. The summed E-state index contributed by atoms with van der Waals surface area (Å²) in [5.74, 6) is 0. The molecule has 0 saturated heterocycles. The Balaban J connectivity index is 1.79. The Kier molecular flexibility index (Phi) is 4.30. The van der Waals surface area contributed by atoms with E-state index < -0.39 is 0 Å². The van der Waals surface area contributed by atoms with Gasteiger partial charge in [0.2, 0.25) is 0 Å². The molecule has 2 aromatic rings. The Labute approximate surface area is 102 Å². The summed E-state index contributed by atoms with van der Waals surface area (Å²) in [4.78, 5) is 0. The van der Waals surface area contributed by atoms with Gasteiger partial charge < -0.3 is 10.5 Å². The molecule has 0 fully saturated rings. The molecule has 2 heteroatoms. The summed E-state index contributed by atoms with van der Waals surface area (Å²) in [6.07, 6.45) is 0. The van der Waals surface area contributed by atoms with Crippen LogP contribution in [0, 0.1) is 0 Å². The fourth-order valence-electron chi connectivity index (χ4n) is 1.67. The van der Waals surface area contributed by atoms with Crippen LogP contribution in [0.2, 0.25) is 0 Å². The van der Waals surface area contributed by atoms with E-state index in [-0.39, 0.29) is 6.04 Å². The molecule has 0 aliphatic heterocycles. The van der Waals surface area contributed by atoms with Crippen LogP contribution < -0.4 is 5.73 Å². The van der Waals surface area contributed by atoms with Crippen molar-refractivity contribution in [1.82, 2.24) is 0 Å². The maximum Gasteiger partial charge on any atom is 0.0717 e. The molecule has 2 nitrogen and oxygen atoms in total. The second-order valence-corrected chi connectivity index (χ2v) is 4.02. The van der Waals surface area contributed by atoms with Gasteiger partial charge in [0.05, 0.1) is 19.3 Å². The molecule has 1 unspecified atom stereocenters. The molecule has 88 valence electrons. The Hall–Kier alpha value is -1.64. The number of nitrogens with two attached hydrogens (primary N) is 1. The third-order valence-electron chi connectivity index (χ3n) is 2.64. The second kappa shape index (κ2) is 6.18. The van der Waals surface area contributed by atoms with Crippen LogP contribution in [-0.2, 0) is 11.3 Å². The minimum absolute atomic E-state index is 0.0556. The van der Waals surface area contributed by atoms with Crippen molar-refractivity contribution < 1.29 is 4.74 Å². The van der Waals surface area contributed by atoms with Gasteiger partial charge in [-0.15, -0.1) is 0 Å². The zero-order valence-corrected chi connectivity index (χ0v) is 9.75. The summed E-state index contributed by atoms with van der Waals surface area (Å²) in [6.45, 7) is 1.15. The van der Waals surface area contributed by atoms with E-state index in [9.17, 15) is 0 Å². The van der Waals surface area contributed by atoms with Crippen LogP contribution in [-0.4, -0.2) is 6.61 Å². The number of benzene rings is 2. The summed E-state index contributed by atoms with van der Waals surface area (Å²) in [5, 5.41) is 0. The van der Waals surface area contributed by atoms with Crippen LogP contribution >= 0.6 is 0 Å². The molecule has 17 heavy (non-hydrogen) atoms. The average Bonchev–Trinajstić information content (AvgIpc) is 2.41. The molecule has 0 amide bonds. The lowest BCUT2D eigenvalue weighted by molar-refractivity contribution is 0.108. The van der Waals surface area contributed by atoms with Crippen molar-refractivity contribution in [3.63, 3.8) is 0 Å². The molecule has 0 saturated carbocycles. The molecule has 0 aliphatic rings. The summed E-state index contributed by atoms with van der Waals surface area (Å²) >= 11 is 0. The number of hydrogen-bond acceptors (Lipinski definition) is 2. The van der Waals surface area contributed by atoms with E-state index in [1.165, 1.54) is 5.56 Å². The van der Waals surface area contributed by atoms with Crippen LogP contribution in [0.25, 0.3) is 0 Å². The minimum atomic E-state index is -0.0556. The number of hydrogen-bond donors (Lipinski definition) is 1. The van der Waals surface area contributed by atoms with Crippen LogP contribution in [0.15, 0.2) is 60.7 Å². The van der Waals surface area contributed by atoms with E-state index in [2.05, 4.69) is 0 Å². The lowest BCUT2D eigenvalue weighted by Crippen LogP contribution is -2.16. The molecule has 0 radical (unpaired) electrons. The lowest BCUT2D eigenvalue weighted by atomic mass is 10.1. The van der Waals surface area contributed by atoms with Crippen molar-refractivity contribution in [3.05, 3.63) is 71.8 Å². The van der Waals surface area contributed by atoms with E-state index in [1.54, 1.807) is 0 Å². The maximum atomic E-state index is 6.03. The highest BCUT2D eigenvalue weighted by Gasteiger charge is 2.04. The van der Waals surface area contributed by atoms with Crippen LogP contribution in [0.1, 0.15) is 17.2 Å². The SMILES string of the molecule is NC(COCc1ccccc1)c1ccccc1. The topological polar surface area (TPSA) is 35.2 Å². The van der Waals surface area contributed by atoms with Gasteiger partial charge in [-0.25, -0.2) is 0 Å². The molecule has 1 atom stereocenters. The van der Waals surface area contributed by atoms with Crippen molar-refractivity contribution >= 4 is 0 Å². The summed E-state index contributed by atoms with van der Waals surface area (Å²) < 4.78 is 5.61. The van der Waals surface area contributed by atoms with E-state index >= 15 is 0 Å². The summed E-state index contributed by atoms with van der Waals surface area (Å²) in [5.41, 5.74) is 8.32. The van der Waals surface area contributed by atoms with Gasteiger partial charge in [-0.1, -0.05) is 60.7 Å². The highest BCUT2D eigenvalue weighted by atomic mass is 16.5. The Morgan fingerprint density at radius 1 is 0.882 bits per heavy atom. The Morgan fingerprint density at radius 2 is 1.47 bits per heavy atom. The zero-order valence-electron chi connectivity index (χ0n) is 9.75. The van der Waals surface area contributed by atoms with E-state index in [0.717, 1.165) is 5.56 Å². The lowest BCUT2D eigenvalue weighted by Gasteiger charge is -2.12. The van der Waals surface area contributed by atoms with Crippen molar-refractivity contribution in [2.24, 2.45) is 5.73 Å². The zero-order chi connectivity index (χ0) is 11.9. The average molecular weight is 227 g/mol. The van der Waals surface area contributed by atoms with Crippen LogP contribution in [0.5, 0.6) is 0 Å². The van der Waals surface area contributed by atoms with Crippen LogP contribution in [0.3, 0.4) is 0 Å². The number of ether oxygens (including phenoxy) is 1. The first-order valence-corrected chi connectivity index (χ1v) is 5.78. The molecule has 2 N–H and O–H groups in total. The third-order valence-corrected chi connectivity index (χ3v) is 2.64. The fourth-order valence-corrected chi connectivity index (χ4v) is 1.67. The van der Waals surface area contributed by atoms with Gasteiger partial charge >= 0.3 is 0 Å². The smallest absolute Gasteiger partial charge is 0.0717 e. The second-order valence-electron chi connectivity index (χ2n) is 4.02. The Bertz CT molecular complexity index is 427. The first kappa shape index (κ1) is 11.8. The summed E-state index contributed by atoms with van der Waals surface area (Å²) in [7, 11) is 0. The molecular weight excluding hydrogens is 210 g/mol. The molecular formula is C15H17NO. The first-order chi connectivity index (χ1) is 8.36. The molecule has 0 aromatic heterocycles. The van der Waals surface area contributed by atoms with Gasteiger partial charge in [0.15, 0.2) is 0 Å². The monoisotopic (exact) mass is 227 g/mol. The highest BCUT2D eigenvalue weighted by molar-refractivity contribution is 5.18. The van der Waals surface area contributed by atoms with E-state index in [1.807, 2.05) is 60.7 Å². The van der Waals surface area contributed by atoms with E-state index in [4.69, 9.17) is 10.5 Å².